The Labute approximate surface area is 131 Å². The molecule has 1 heterocycles. The Morgan fingerprint density at radius 3 is 2.58 bits per heavy atom. The van der Waals surface area contributed by atoms with E-state index in [9.17, 15) is 13.5 Å². The third-order valence-electron chi connectivity index (χ3n) is 2.36. The average molecular weight is 427 g/mol. The number of halogens is 2. The molecule has 19 heavy (non-hydrogen) atoms. The van der Waals surface area contributed by atoms with Gasteiger partial charge in [0.1, 0.15) is 4.90 Å². The molecular formula is C11H9Br2NO3S2. The molecule has 1 aromatic carbocycles. The minimum atomic E-state index is -3.71. The molecule has 0 amide bonds. The summed E-state index contributed by atoms with van der Waals surface area (Å²) in [4.78, 5) is 0.873. The Balaban J connectivity index is 2.42. The van der Waals surface area contributed by atoms with E-state index in [4.69, 9.17) is 0 Å². The van der Waals surface area contributed by atoms with Crippen molar-refractivity contribution < 1.29 is 13.5 Å². The highest BCUT2D eigenvalue weighted by Crippen LogP contribution is 2.35. The van der Waals surface area contributed by atoms with Crippen molar-refractivity contribution in [3.63, 3.8) is 0 Å². The van der Waals surface area contributed by atoms with Gasteiger partial charge < -0.3 is 5.11 Å². The predicted octanol–water partition coefficient (Wildman–Crippen LogP) is 4.09. The Hall–Kier alpha value is -0.570. The lowest BCUT2D eigenvalue weighted by Crippen LogP contribution is -2.13. The van der Waals surface area contributed by atoms with E-state index in [1.165, 1.54) is 23.5 Å². The SMILES string of the molecule is Cc1sc(Br)cc1S(=O)(=O)Nc1cccc(Br)c1O. The third kappa shape index (κ3) is 3.13. The summed E-state index contributed by atoms with van der Waals surface area (Å²) in [5.41, 5.74) is 0.135. The molecule has 1 aromatic heterocycles. The lowest BCUT2D eigenvalue weighted by molar-refractivity contribution is 0.474. The summed E-state index contributed by atoms with van der Waals surface area (Å²) < 4.78 is 28.0. The molecule has 0 aliphatic rings. The van der Waals surface area contributed by atoms with Crippen LogP contribution in [0, 0.1) is 6.92 Å². The van der Waals surface area contributed by atoms with Gasteiger partial charge in [-0.05, 0) is 57.0 Å². The molecule has 8 heteroatoms. The van der Waals surface area contributed by atoms with Gasteiger partial charge in [0.2, 0.25) is 0 Å². The Morgan fingerprint density at radius 2 is 2.00 bits per heavy atom. The quantitative estimate of drug-likeness (QED) is 0.726. The van der Waals surface area contributed by atoms with E-state index in [0.29, 0.717) is 9.35 Å². The summed E-state index contributed by atoms with van der Waals surface area (Å²) in [6, 6.07) is 6.30. The molecule has 0 atom stereocenters. The van der Waals surface area contributed by atoms with Crippen LogP contribution in [0.5, 0.6) is 5.75 Å². The highest BCUT2D eigenvalue weighted by Gasteiger charge is 2.21. The Morgan fingerprint density at radius 1 is 1.32 bits per heavy atom. The summed E-state index contributed by atoms with van der Waals surface area (Å²) in [6.45, 7) is 1.73. The topological polar surface area (TPSA) is 66.4 Å². The normalized spacial score (nSPS) is 11.5. The smallest absolute Gasteiger partial charge is 0.263 e. The highest BCUT2D eigenvalue weighted by atomic mass is 79.9. The molecule has 102 valence electrons. The molecule has 4 nitrogen and oxygen atoms in total. The van der Waals surface area contributed by atoms with Gasteiger partial charge in [0, 0.05) is 4.88 Å². The number of phenolic OH excluding ortho intramolecular Hbond substituents is 1. The number of aromatic hydroxyl groups is 1. The fourth-order valence-corrected chi connectivity index (χ4v) is 5.34. The maximum absolute atomic E-state index is 12.2. The van der Waals surface area contributed by atoms with Gasteiger partial charge in [-0.1, -0.05) is 6.07 Å². The number of benzene rings is 1. The zero-order valence-corrected chi connectivity index (χ0v) is 14.5. The number of hydrogen-bond donors (Lipinski definition) is 2. The molecule has 2 N–H and O–H groups in total. The third-order valence-corrected chi connectivity index (χ3v) is 6.18. The monoisotopic (exact) mass is 425 g/mol. The van der Waals surface area contributed by atoms with Crippen molar-refractivity contribution in [2.45, 2.75) is 11.8 Å². The van der Waals surface area contributed by atoms with E-state index in [-0.39, 0.29) is 16.3 Å². The van der Waals surface area contributed by atoms with Crippen LogP contribution in [0.25, 0.3) is 0 Å². The highest BCUT2D eigenvalue weighted by molar-refractivity contribution is 9.11. The molecule has 0 saturated heterocycles. The second-order valence-electron chi connectivity index (χ2n) is 3.71. The maximum atomic E-state index is 12.2. The lowest BCUT2D eigenvalue weighted by Gasteiger charge is -2.10. The summed E-state index contributed by atoms with van der Waals surface area (Å²) >= 11 is 7.73. The molecule has 0 unspecified atom stereocenters. The number of aryl methyl sites for hydroxylation is 1. The predicted molar refractivity (Wildman–Crippen MR) is 83.4 cm³/mol. The summed E-state index contributed by atoms with van der Waals surface area (Å²) in [6.07, 6.45) is 0. The largest absolute Gasteiger partial charge is 0.505 e. The van der Waals surface area contributed by atoms with Crippen LogP contribution in [-0.4, -0.2) is 13.5 Å². The van der Waals surface area contributed by atoms with E-state index < -0.39 is 10.0 Å². The zero-order valence-electron chi connectivity index (χ0n) is 9.65. The van der Waals surface area contributed by atoms with Gasteiger partial charge in [0.05, 0.1) is 13.9 Å². The number of hydrogen-bond acceptors (Lipinski definition) is 4. The van der Waals surface area contributed by atoms with Crippen LogP contribution in [0.4, 0.5) is 5.69 Å². The number of sulfonamides is 1. The first kappa shape index (κ1) is 14.8. The fourth-order valence-electron chi connectivity index (χ4n) is 1.49. The van der Waals surface area contributed by atoms with Crippen molar-refractivity contribution in [2.24, 2.45) is 0 Å². The molecule has 0 fully saturated rings. The first-order chi connectivity index (χ1) is 8.81. The molecule has 0 bridgehead atoms. The molecule has 0 spiro atoms. The van der Waals surface area contributed by atoms with Gasteiger partial charge in [-0.2, -0.15) is 0 Å². The number of rotatable bonds is 3. The molecule has 0 radical (unpaired) electrons. The summed E-state index contributed by atoms with van der Waals surface area (Å²) in [5, 5.41) is 9.80. The van der Waals surface area contributed by atoms with Gasteiger partial charge >= 0.3 is 0 Å². The number of nitrogens with one attached hydrogen (secondary N) is 1. The fraction of sp³-hybridized carbons (Fsp3) is 0.0909. The number of phenols is 1. The van der Waals surface area contributed by atoms with Crippen molar-refractivity contribution >= 4 is 58.9 Å². The van der Waals surface area contributed by atoms with Crippen molar-refractivity contribution in [3.8, 4) is 5.75 Å². The maximum Gasteiger partial charge on any atom is 0.263 e. The Kier molecular flexibility index (Phi) is 4.24. The van der Waals surface area contributed by atoms with Crippen molar-refractivity contribution in [1.82, 2.24) is 0 Å². The van der Waals surface area contributed by atoms with Gasteiger partial charge in [0.25, 0.3) is 10.0 Å². The van der Waals surface area contributed by atoms with Crippen molar-refractivity contribution in [1.29, 1.82) is 0 Å². The van der Waals surface area contributed by atoms with Gasteiger partial charge in [-0.15, -0.1) is 11.3 Å². The minimum absolute atomic E-state index is 0.135. The van der Waals surface area contributed by atoms with E-state index in [2.05, 4.69) is 36.6 Å². The van der Waals surface area contributed by atoms with Crippen molar-refractivity contribution in [2.75, 3.05) is 4.72 Å². The number of para-hydroxylation sites is 1. The number of anilines is 1. The second-order valence-corrected chi connectivity index (χ2v) is 8.85. The Bertz CT molecular complexity index is 726. The van der Waals surface area contributed by atoms with E-state index in [0.717, 1.165) is 3.79 Å². The minimum Gasteiger partial charge on any atom is -0.505 e. The van der Waals surface area contributed by atoms with E-state index >= 15 is 0 Å². The van der Waals surface area contributed by atoms with E-state index in [1.807, 2.05) is 0 Å². The van der Waals surface area contributed by atoms with Crippen LogP contribution in [0.1, 0.15) is 4.88 Å². The van der Waals surface area contributed by atoms with Crippen LogP contribution in [-0.2, 0) is 10.0 Å². The molecule has 0 aliphatic carbocycles. The lowest BCUT2D eigenvalue weighted by atomic mass is 10.3. The van der Waals surface area contributed by atoms with Gasteiger partial charge in [0.15, 0.2) is 5.75 Å². The summed E-state index contributed by atoms with van der Waals surface area (Å²) in [7, 11) is -3.71. The summed E-state index contributed by atoms with van der Waals surface area (Å²) in [5.74, 6) is -0.141. The standard InChI is InChI=1S/C11H9Br2NO3S2/c1-6-9(5-10(13)18-6)19(16,17)14-8-4-2-3-7(12)11(8)15/h2-5,14-15H,1H3. The van der Waals surface area contributed by atoms with Crippen LogP contribution in [0.2, 0.25) is 0 Å². The average Bonchev–Trinajstić information content (AvgIpc) is 2.65. The zero-order chi connectivity index (χ0) is 14.2. The van der Waals surface area contributed by atoms with Gasteiger partial charge in [-0.3, -0.25) is 4.72 Å². The van der Waals surface area contributed by atoms with Crippen molar-refractivity contribution in [3.05, 3.63) is 37.4 Å². The van der Waals surface area contributed by atoms with E-state index in [1.54, 1.807) is 19.1 Å². The number of thiophene rings is 1. The second kappa shape index (κ2) is 5.43. The molecule has 0 aliphatic heterocycles. The van der Waals surface area contributed by atoms with Crippen LogP contribution in [0.3, 0.4) is 0 Å². The van der Waals surface area contributed by atoms with Gasteiger partial charge in [-0.25, -0.2) is 8.42 Å². The van der Waals surface area contributed by atoms with Crippen LogP contribution in [0.15, 0.2) is 37.4 Å². The molecule has 0 saturated carbocycles. The first-order valence-electron chi connectivity index (χ1n) is 5.07. The van der Waals surface area contributed by atoms with Crippen LogP contribution >= 0.6 is 43.2 Å². The molecule has 2 aromatic rings. The first-order valence-corrected chi connectivity index (χ1v) is 8.96. The molecular weight excluding hydrogens is 418 g/mol. The molecule has 2 rings (SSSR count). The van der Waals surface area contributed by atoms with Crippen LogP contribution < -0.4 is 4.72 Å².